The van der Waals surface area contributed by atoms with Crippen LogP contribution in [0.3, 0.4) is 0 Å². The van der Waals surface area contributed by atoms with Crippen LogP contribution in [0.15, 0.2) is 28.7 Å². The van der Waals surface area contributed by atoms with E-state index in [9.17, 15) is 31.5 Å². The molecular weight excluding hydrogens is 457 g/mol. The van der Waals surface area contributed by atoms with Crippen molar-refractivity contribution in [1.82, 2.24) is 0 Å². The molecule has 0 radical (unpaired) electrons. The van der Waals surface area contributed by atoms with Crippen LogP contribution in [0.5, 0.6) is 5.75 Å². The fraction of sp³-hybridized carbons (Fsp3) is 0.312. The fourth-order valence-electron chi connectivity index (χ4n) is 2.42. The molecule has 0 spiro atoms. The number of fused-ring (bicyclic) bond motifs is 1. The first kappa shape index (κ1) is 21.5. The number of carbonyl (C=O) groups is 1. The van der Waals surface area contributed by atoms with Crippen molar-refractivity contribution in [3.8, 4) is 5.75 Å². The lowest BCUT2D eigenvalue weighted by molar-refractivity contribution is -0.153. The second kappa shape index (κ2) is 7.64. The molecule has 27 heavy (non-hydrogen) atoms. The molecular formula is C16H14BrF3O6S. The SMILES string of the molecule is CCOC(=O)C(O)c1c(C)c(Br)c2ccccc2c1OS(=O)(=O)C(F)(F)F. The number of carbonyl (C=O) groups excluding carboxylic acids is 1. The summed E-state index contributed by atoms with van der Waals surface area (Å²) >= 11 is 3.25. The molecule has 1 atom stereocenters. The van der Waals surface area contributed by atoms with E-state index in [-0.39, 0.29) is 17.6 Å². The average molecular weight is 471 g/mol. The molecule has 0 fully saturated rings. The minimum Gasteiger partial charge on any atom is -0.464 e. The highest BCUT2D eigenvalue weighted by Gasteiger charge is 2.49. The van der Waals surface area contributed by atoms with Gasteiger partial charge in [-0.15, -0.1) is 0 Å². The minimum atomic E-state index is -6.04. The Balaban J connectivity index is 2.84. The van der Waals surface area contributed by atoms with Gasteiger partial charge in [0, 0.05) is 15.4 Å². The molecule has 0 aliphatic carbocycles. The average Bonchev–Trinajstić information content (AvgIpc) is 2.58. The Morgan fingerprint density at radius 3 is 2.33 bits per heavy atom. The largest absolute Gasteiger partial charge is 0.534 e. The summed E-state index contributed by atoms with van der Waals surface area (Å²) in [7, 11) is -6.04. The van der Waals surface area contributed by atoms with E-state index in [0.717, 1.165) is 0 Å². The summed E-state index contributed by atoms with van der Waals surface area (Å²) in [5.41, 5.74) is -6.00. The zero-order valence-electron chi connectivity index (χ0n) is 14.0. The maximum atomic E-state index is 12.8. The Hall–Kier alpha value is -1.85. The third-order valence-electron chi connectivity index (χ3n) is 3.65. The van der Waals surface area contributed by atoms with E-state index in [0.29, 0.717) is 9.86 Å². The van der Waals surface area contributed by atoms with Crippen LogP contribution in [0.1, 0.15) is 24.2 Å². The van der Waals surface area contributed by atoms with Gasteiger partial charge in [-0.2, -0.15) is 21.6 Å². The Kier molecular flexibility index (Phi) is 6.07. The van der Waals surface area contributed by atoms with Gasteiger partial charge in [0.2, 0.25) is 0 Å². The predicted octanol–water partition coefficient (Wildman–Crippen LogP) is 3.74. The van der Waals surface area contributed by atoms with Gasteiger partial charge >= 0.3 is 21.6 Å². The lowest BCUT2D eigenvalue weighted by atomic mass is 9.96. The van der Waals surface area contributed by atoms with Crippen molar-refractivity contribution in [3.63, 3.8) is 0 Å². The van der Waals surface area contributed by atoms with Crippen LogP contribution in [0, 0.1) is 6.92 Å². The number of aliphatic hydroxyl groups excluding tert-OH is 1. The molecule has 0 aliphatic heterocycles. The van der Waals surface area contributed by atoms with Gasteiger partial charge in [-0.25, -0.2) is 4.79 Å². The first-order valence-corrected chi connectivity index (χ1v) is 9.68. The molecule has 2 aromatic carbocycles. The van der Waals surface area contributed by atoms with Crippen molar-refractivity contribution in [2.75, 3.05) is 6.61 Å². The number of rotatable bonds is 5. The van der Waals surface area contributed by atoms with Crippen molar-refractivity contribution in [1.29, 1.82) is 0 Å². The van der Waals surface area contributed by atoms with E-state index in [4.69, 9.17) is 0 Å². The lowest BCUT2D eigenvalue weighted by Gasteiger charge is -2.21. The second-order valence-electron chi connectivity index (χ2n) is 5.37. The smallest absolute Gasteiger partial charge is 0.464 e. The summed E-state index contributed by atoms with van der Waals surface area (Å²) in [6.45, 7) is 2.77. The molecule has 0 saturated carbocycles. The quantitative estimate of drug-likeness (QED) is 0.406. The van der Waals surface area contributed by atoms with Gasteiger partial charge in [0.15, 0.2) is 11.9 Å². The molecule has 0 heterocycles. The van der Waals surface area contributed by atoms with Gasteiger partial charge in [-0.05, 0) is 40.7 Å². The molecule has 148 valence electrons. The molecule has 11 heteroatoms. The zero-order chi connectivity index (χ0) is 20.6. The van der Waals surface area contributed by atoms with Crippen LogP contribution in [-0.2, 0) is 19.6 Å². The van der Waals surface area contributed by atoms with Crippen LogP contribution >= 0.6 is 15.9 Å². The van der Waals surface area contributed by atoms with Crippen molar-refractivity contribution >= 4 is 42.8 Å². The topological polar surface area (TPSA) is 89.9 Å². The van der Waals surface area contributed by atoms with Gasteiger partial charge < -0.3 is 14.0 Å². The standard InChI is InChI=1S/C16H14BrF3O6S/c1-3-25-15(22)13(21)11-8(2)12(17)9-6-4-5-7-10(9)14(11)26-27(23,24)16(18,19)20/h4-7,13,21H,3H2,1-2H3. The maximum Gasteiger partial charge on any atom is 0.534 e. The Labute approximate surface area is 161 Å². The number of aliphatic hydroxyl groups is 1. The van der Waals surface area contributed by atoms with Crippen LogP contribution in [0.25, 0.3) is 10.8 Å². The van der Waals surface area contributed by atoms with E-state index >= 15 is 0 Å². The third kappa shape index (κ3) is 4.04. The maximum absolute atomic E-state index is 12.8. The highest BCUT2D eigenvalue weighted by atomic mass is 79.9. The number of ether oxygens (including phenoxy) is 1. The molecule has 1 N–H and O–H groups in total. The summed E-state index contributed by atoms with van der Waals surface area (Å²) < 4.78 is 71.0. The Bertz CT molecular complexity index is 988. The second-order valence-corrected chi connectivity index (χ2v) is 7.70. The molecule has 0 aliphatic rings. The van der Waals surface area contributed by atoms with E-state index in [2.05, 4.69) is 24.8 Å². The van der Waals surface area contributed by atoms with Gasteiger partial charge in [-0.1, -0.05) is 24.3 Å². The lowest BCUT2D eigenvalue weighted by Crippen LogP contribution is -2.29. The molecule has 0 saturated heterocycles. The summed E-state index contributed by atoms with van der Waals surface area (Å²) in [6.07, 6.45) is -2.05. The van der Waals surface area contributed by atoms with E-state index in [1.165, 1.54) is 32.0 Å². The molecule has 2 rings (SSSR count). The zero-order valence-corrected chi connectivity index (χ0v) is 16.4. The van der Waals surface area contributed by atoms with Gasteiger partial charge in [0.05, 0.1) is 6.61 Å². The molecule has 2 aromatic rings. The van der Waals surface area contributed by atoms with Gasteiger partial charge in [0.1, 0.15) is 0 Å². The Morgan fingerprint density at radius 1 is 1.26 bits per heavy atom. The third-order valence-corrected chi connectivity index (χ3v) is 5.62. The first-order valence-electron chi connectivity index (χ1n) is 7.48. The first-order chi connectivity index (χ1) is 12.4. The van der Waals surface area contributed by atoms with Crippen LogP contribution in [-0.4, -0.2) is 31.6 Å². The van der Waals surface area contributed by atoms with E-state index < -0.39 is 39.0 Å². The number of esters is 1. The number of alkyl halides is 3. The highest BCUT2D eigenvalue weighted by molar-refractivity contribution is 9.10. The van der Waals surface area contributed by atoms with E-state index in [1.807, 2.05) is 0 Å². The molecule has 6 nitrogen and oxygen atoms in total. The highest BCUT2D eigenvalue weighted by Crippen LogP contribution is 2.43. The van der Waals surface area contributed by atoms with Crippen LogP contribution in [0.2, 0.25) is 0 Å². The molecule has 0 amide bonds. The summed E-state index contributed by atoms with van der Waals surface area (Å²) in [5, 5.41) is 10.6. The van der Waals surface area contributed by atoms with E-state index in [1.54, 1.807) is 6.07 Å². The van der Waals surface area contributed by atoms with Gasteiger partial charge in [-0.3, -0.25) is 0 Å². The molecule has 0 aromatic heterocycles. The normalized spacial score (nSPS) is 13.4. The number of hydrogen-bond acceptors (Lipinski definition) is 6. The van der Waals surface area contributed by atoms with Crippen LogP contribution < -0.4 is 4.18 Å². The minimum absolute atomic E-state index is 0.0406. The summed E-state index contributed by atoms with van der Waals surface area (Å²) in [6, 6.07) is 5.84. The Morgan fingerprint density at radius 2 is 1.81 bits per heavy atom. The summed E-state index contributed by atoms with van der Waals surface area (Å²) in [4.78, 5) is 11.9. The number of halogens is 4. The number of hydrogen-bond donors (Lipinski definition) is 1. The summed E-state index contributed by atoms with van der Waals surface area (Å²) in [5.74, 6) is -1.94. The van der Waals surface area contributed by atoms with Crippen molar-refractivity contribution in [2.45, 2.75) is 25.5 Å². The monoisotopic (exact) mass is 470 g/mol. The van der Waals surface area contributed by atoms with Crippen molar-refractivity contribution in [3.05, 3.63) is 39.9 Å². The molecule has 1 unspecified atom stereocenters. The fourth-order valence-corrected chi connectivity index (χ4v) is 3.48. The number of benzene rings is 2. The van der Waals surface area contributed by atoms with Crippen molar-refractivity contribution in [2.24, 2.45) is 0 Å². The predicted molar refractivity (Wildman–Crippen MR) is 93.6 cm³/mol. The molecule has 0 bridgehead atoms. The van der Waals surface area contributed by atoms with Gasteiger partial charge in [0.25, 0.3) is 0 Å². The van der Waals surface area contributed by atoms with Crippen LogP contribution in [0.4, 0.5) is 13.2 Å². The van der Waals surface area contributed by atoms with Crippen molar-refractivity contribution < 1.29 is 40.4 Å².